The molecule has 1 unspecified atom stereocenters. The van der Waals surface area contributed by atoms with Gasteiger partial charge in [0.2, 0.25) is 0 Å². The summed E-state index contributed by atoms with van der Waals surface area (Å²) >= 11 is 0. The van der Waals surface area contributed by atoms with Crippen LogP contribution in [0.4, 0.5) is 0 Å². The SMILES string of the molecule is CCNC(COc1ccc(OCC)cc1)c1ccccc1. The van der Waals surface area contributed by atoms with Crippen LogP contribution in [0, 0.1) is 0 Å². The van der Waals surface area contributed by atoms with Crippen LogP contribution in [-0.2, 0) is 0 Å². The lowest BCUT2D eigenvalue weighted by molar-refractivity contribution is 0.267. The second-order valence-electron chi connectivity index (χ2n) is 4.74. The molecule has 1 N–H and O–H groups in total. The third-order valence-electron chi connectivity index (χ3n) is 3.20. The normalized spacial score (nSPS) is 11.9. The van der Waals surface area contributed by atoms with Gasteiger partial charge in [-0.05, 0) is 43.3 Å². The van der Waals surface area contributed by atoms with Crippen LogP contribution < -0.4 is 14.8 Å². The second kappa shape index (κ2) is 8.32. The van der Waals surface area contributed by atoms with Crippen molar-refractivity contribution in [3.63, 3.8) is 0 Å². The van der Waals surface area contributed by atoms with Crippen LogP contribution in [0.5, 0.6) is 11.5 Å². The van der Waals surface area contributed by atoms with Gasteiger partial charge < -0.3 is 14.8 Å². The highest BCUT2D eigenvalue weighted by atomic mass is 16.5. The van der Waals surface area contributed by atoms with Crippen LogP contribution in [0.2, 0.25) is 0 Å². The van der Waals surface area contributed by atoms with Gasteiger partial charge >= 0.3 is 0 Å². The Morgan fingerprint density at radius 3 is 2.05 bits per heavy atom. The molecule has 0 heterocycles. The molecule has 3 heteroatoms. The van der Waals surface area contributed by atoms with Gasteiger partial charge in [-0.3, -0.25) is 0 Å². The Hall–Kier alpha value is -2.00. The zero-order valence-corrected chi connectivity index (χ0v) is 12.7. The number of benzene rings is 2. The first-order valence-corrected chi connectivity index (χ1v) is 7.47. The summed E-state index contributed by atoms with van der Waals surface area (Å²) in [6.45, 7) is 6.27. The van der Waals surface area contributed by atoms with E-state index in [1.807, 2.05) is 37.3 Å². The Balaban J connectivity index is 1.95. The smallest absolute Gasteiger partial charge is 0.119 e. The van der Waals surface area contributed by atoms with Gasteiger partial charge in [0, 0.05) is 0 Å². The quantitative estimate of drug-likeness (QED) is 0.800. The number of hydrogen-bond acceptors (Lipinski definition) is 3. The number of hydrogen-bond donors (Lipinski definition) is 1. The summed E-state index contributed by atoms with van der Waals surface area (Å²) < 4.78 is 11.3. The average molecular weight is 285 g/mol. The molecule has 0 aliphatic heterocycles. The van der Waals surface area contributed by atoms with E-state index in [9.17, 15) is 0 Å². The molecule has 0 aliphatic rings. The fourth-order valence-corrected chi connectivity index (χ4v) is 2.18. The minimum absolute atomic E-state index is 0.197. The maximum Gasteiger partial charge on any atom is 0.119 e. The number of rotatable bonds is 8. The zero-order valence-electron chi connectivity index (χ0n) is 12.7. The van der Waals surface area contributed by atoms with Gasteiger partial charge in [0.05, 0.1) is 12.6 Å². The van der Waals surface area contributed by atoms with E-state index in [4.69, 9.17) is 9.47 Å². The summed E-state index contributed by atoms with van der Waals surface area (Å²) in [4.78, 5) is 0. The first kappa shape index (κ1) is 15.4. The lowest BCUT2D eigenvalue weighted by Crippen LogP contribution is -2.26. The molecule has 21 heavy (non-hydrogen) atoms. The first-order valence-electron chi connectivity index (χ1n) is 7.47. The van der Waals surface area contributed by atoms with Gasteiger partial charge in [0.1, 0.15) is 18.1 Å². The fraction of sp³-hybridized carbons (Fsp3) is 0.333. The van der Waals surface area contributed by atoms with Crippen LogP contribution in [0.15, 0.2) is 54.6 Å². The minimum Gasteiger partial charge on any atom is -0.494 e. The standard InChI is InChI=1S/C18H23NO2/c1-3-19-18(15-8-6-5-7-9-15)14-21-17-12-10-16(11-13-17)20-4-2/h5-13,18-19H,3-4,14H2,1-2H3. The molecule has 0 saturated carbocycles. The van der Waals surface area contributed by atoms with Gasteiger partial charge in [0.25, 0.3) is 0 Å². The molecule has 2 aromatic rings. The Morgan fingerprint density at radius 1 is 0.857 bits per heavy atom. The molecule has 0 aromatic heterocycles. The molecule has 0 spiro atoms. The van der Waals surface area contributed by atoms with Crippen molar-refractivity contribution in [1.82, 2.24) is 5.32 Å². The monoisotopic (exact) mass is 285 g/mol. The van der Waals surface area contributed by atoms with Gasteiger partial charge in [-0.15, -0.1) is 0 Å². The van der Waals surface area contributed by atoms with E-state index in [-0.39, 0.29) is 6.04 Å². The van der Waals surface area contributed by atoms with Crippen molar-refractivity contribution in [1.29, 1.82) is 0 Å². The van der Waals surface area contributed by atoms with E-state index in [1.54, 1.807) is 0 Å². The molecule has 112 valence electrons. The van der Waals surface area contributed by atoms with Gasteiger partial charge in [-0.25, -0.2) is 0 Å². The van der Waals surface area contributed by atoms with Crippen molar-refractivity contribution >= 4 is 0 Å². The summed E-state index contributed by atoms with van der Waals surface area (Å²) in [6.07, 6.45) is 0. The van der Waals surface area contributed by atoms with E-state index in [0.29, 0.717) is 13.2 Å². The summed E-state index contributed by atoms with van der Waals surface area (Å²) in [5, 5.41) is 3.45. The largest absolute Gasteiger partial charge is 0.494 e. The van der Waals surface area contributed by atoms with E-state index in [0.717, 1.165) is 18.0 Å². The number of ether oxygens (including phenoxy) is 2. The molecule has 0 aliphatic carbocycles. The lowest BCUT2D eigenvalue weighted by atomic mass is 10.1. The second-order valence-corrected chi connectivity index (χ2v) is 4.74. The number of likely N-dealkylation sites (N-methyl/N-ethyl adjacent to an activating group) is 1. The van der Waals surface area contributed by atoms with Crippen LogP contribution in [0.25, 0.3) is 0 Å². The van der Waals surface area contributed by atoms with Crippen LogP contribution in [0.3, 0.4) is 0 Å². The van der Waals surface area contributed by atoms with E-state index in [1.165, 1.54) is 5.56 Å². The molecule has 0 fully saturated rings. The average Bonchev–Trinajstić information content (AvgIpc) is 2.54. The molecule has 0 saturated heterocycles. The van der Waals surface area contributed by atoms with Crippen molar-refractivity contribution in [2.75, 3.05) is 19.8 Å². The summed E-state index contributed by atoms with van der Waals surface area (Å²) in [6, 6.07) is 18.3. The third-order valence-corrected chi connectivity index (χ3v) is 3.20. The lowest BCUT2D eigenvalue weighted by Gasteiger charge is -2.19. The summed E-state index contributed by atoms with van der Waals surface area (Å²) in [5.41, 5.74) is 1.24. The van der Waals surface area contributed by atoms with Crippen LogP contribution in [-0.4, -0.2) is 19.8 Å². The highest BCUT2D eigenvalue weighted by molar-refractivity contribution is 5.31. The van der Waals surface area contributed by atoms with E-state index >= 15 is 0 Å². The van der Waals surface area contributed by atoms with Crippen molar-refractivity contribution in [2.24, 2.45) is 0 Å². The molecule has 2 rings (SSSR count). The molecular weight excluding hydrogens is 262 g/mol. The molecule has 0 bridgehead atoms. The highest BCUT2D eigenvalue weighted by Crippen LogP contribution is 2.20. The molecule has 1 atom stereocenters. The van der Waals surface area contributed by atoms with Gasteiger partial charge in [-0.1, -0.05) is 37.3 Å². The Bertz CT molecular complexity index is 511. The highest BCUT2D eigenvalue weighted by Gasteiger charge is 2.10. The Morgan fingerprint density at radius 2 is 1.48 bits per heavy atom. The predicted octanol–water partition coefficient (Wildman–Crippen LogP) is 3.81. The van der Waals surface area contributed by atoms with Gasteiger partial charge in [0.15, 0.2) is 0 Å². The Kier molecular flexibility index (Phi) is 6.10. The van der Waals surface area contributed by atoms with Crippen molar-refractivity contribution < 1.29 is 9.47 Å². The Labute approximate surface area is 126 Å². The molecule has 2 aromatic carbocycles. The van der Waals surface area contributed by atoms with Gasteiger partial charge in [-0.2, -0.15) is 0 Å². The summed E-state index contributed by atoms with van der Waals surface area (Å²) in [7, 11) is 0. The molecular formula is C18H23NO2. The van der Waals surface area contributed by atoms with E-state index < -0.39 is 0 Å². The minimum atomic E-state index is 0.197. The maximum atomic E-state index is 5.89. The van der Waals surface area contributed by atoms with Crippen molar-refractivity contribution in [2.45, 2.75) is 19.9 Å². The summed E-state index contributed by atoms with van der Waals surface area (Å²) in [5.74, 6) is 1.73. The molecule has 3 nitrogen and oxygen atoms in total. The molecule has 0 radical (unpaired) electrons. The molecule has 0 amide bonds. The third kappa shape index (κ3) is 4.80. The topological polar surface area (TPSA) is 30.5 Å². The van der Waals surface area contributed by atoms with Crippen molar-refractivity contribution in [3.8, 4) is 11.5 Å². The number of nitrogens with one attached hydrogen (secondary N) is 1. The predicted molar refractivity (Wildman–Crippen MR) is 86.0 cm³/mol. The first-order chi connectivity index (χ1) is 10.3. The zero-order chi connectivity index (χ0) is 14.9. The maximum absolute atomic E-state index is 5.89. The fourth-order valence-electron chi connectivity index (χ4n) is 2.18. The van der Waals surface area contributed by atoms with E-state index in [2.05, 4.69) is 36.5 Å². The van der Waals surface area contributed by atoms with Crippen LogP contribution in [0.1, 0.15) is 25.5 Å². The van der Waals surface area contributed by atoms with Crippen molar-refractivity contribution in [3.05, 3.63) is 60.2 Å². The van der Waals surface area contributed by atoms with Crippen LogP contribution >= 0.6 is 0 Å².